The van der Waals surface area contributed by atoms with Gasteiger partial charge in [-0.05, 0) is 24.7 Å². The van der Waals surface area contributed by atoms with E-state index in [4.69, 9.17) is 9.47 Å². The van der Waals surface area contributed by atoms with Gasteiger partial charge in [-0.1, -0.05) is 6.92 Å². The summed E-state index contributed by atoms with van der Waals surface area (Å²) in [5.41, 5.74) is 0.646. The molecule has 0 N–H and O–H groups in total. The van der Waals surface area contributed by atoms with E-state index >= 15 is 0 Å². The van der Waals surface area contributed by atoms with Gasteiger partial charge in [-0.25, -0.2) is 0 Å². The molecule has 1 fully saturated rings. The Morgan fingerprint density at radius 1 is 1.10 bits per heavy atom. The van der Waals surface area contributed by atoms with Crippen LogP contribution < -0.4 is 9.47 Å². The Balaban J connectivity index is 2.09. The number of nitrogens with zero attached hydrogens (tertiary/aromatic N) is 2. The number of hydrogen-bond donors (Lipinski definition) is 0. The molecule has 1 saturated heterocycles. The molecule has 1 aliphatic rings. The van der Waals surface area contributed by atoms with Crippen molar-refractivity contribution in [1.29, 1.82) is 0 Å². The summed E-state index contributed by atoms with van der Waals surface area (Å²) in [6, 6.07) is 5.30. The molecule has 0 bridgehead atoms. The summed E-state index contributed by atoms with van der Waals surface area (Å²) >= 11 is 0. The number of piperazine rings is 1. The van der Waals surface area contributed by atoms with Crippen LogP contribution in [0.25, 0.3) is 0 Å². The zero-order valence-electron chi connectivity index (χ0n) is 12.4. The number of rotatable bonds is 4. The summed E-state index contributed by atoms with van der Waals surface area (Å²) in [5.74, 6) is 1.28. The monoisotopic (exact) mass is 278 g/mol. The minimum absolute atomic E-state index is 0.0571. The lowest BCUT2D eigenvalue weighted by Gasteiger charge is -2.34. The maximum atomic E-state index is 12.5. The molecule has 0 spiro atoms. The Bertz CT molecular complexity index is 468. The number of ether oxygens (including phenoxy) is 2. The highest BCUT2D eigenvalue weighted by Gasteiger charge is 2.22. The Hall–Kier alpha value is -1.75. The van der Waals surface area contributed by atoms with Gasteiger partial charge in [0.1, 0.15) is 0 Å². The normalized spacial score (nSPS) is 16.1. The van der Waals surface area contributed by atoms with Crippen LogP contribution in [0.15, 0.2) is 18.2 Å². The molecule has 1 heterocycles. The van der Waals surface area contributed by atoms with E-state index < -0.39 is 0 Å². The van der Waals surface area contributed by atoms with E-state index in [0.717, 1.165) is 32.7 Å². The standard InChI is InChI=1S/C15H22N2O3/c1-4-16-7-9-17(10-8-16)15(18)12-5-6-13(19-2)14(11-12)20-3/h5-6,11H,4,7-10H2,1-3H3. The van der Waals surface area contributed by atoms with Crippen molar-refractivity contribution in [2.24, 2.45) is 0 Å². The van der Waals surface area contributed by atoms with E-state index in [9.17, 15) is 4.79 Å². The molecule has 1 aromatic carbocycles. The van der Waals surface area contributed by atoms with E-state index in [2.05, 4.69) is 11.8 Å². The Labute approximate surface area is 120 Å². The zero-order chi connectivity index (χ0) is 14.5. The first-order valence-electron chi connectivity index (χ1n) is 6.93. The minimum atomic E-state index is 0.0571. The lowest BCUT2D eigenvalue weighted by Crippen LogP contribution is -2.48. The molecule has 1 aromatic rings. The van der Waals surface area contributed by atoms with Crippen LogP contribution in [0.4, 0.5) is 0 Å². The van der Waals surface area contributed by atoms with Gasteiger partial charge in [0, 0.05) is 31.7 Å². The highest BCUT2D eigenvalue weighted by atomic mass is 16.5. The lowest BCUT2D eigenvalue weighted by atomic mass is 10.1. The van der Waals surface area contributed by atoms with E-state index in [1.165, 1.54) is 0 Å². The molecule has 5 heteroatoms. The molecule has 110 valence electrons. The van der Waals surface area contributed by atoms with Gasteiger partial charge in [0.2, 0.25) is 0 Å². The van der Waals surface area contributed by atoms with Gasteiger partial charge in [-0.15, -0.1) is 0 Å². The summed E-state index contributed by atoms with van der Waals surface area (Å²) < 4.78 is 10.4. The molecule has 1 amide bonds. The third-order valence-corrected chi connectivity index (χ3v) is 3.74. The fourth-order valence-electron chi connectivity index (χ4n) is 2.42. The molecule has 0 atom stereocenters. The van der Waals surface area contributed by atoms with Gasteiger partial charge in [0.05, 0.1) is 14.2 Å². The van der Waals surface area contributed by atoms with Gasteiger partial charge < -0.3 is 19.3 Å². The van der Waals surface area contributed by atoms with Crippen molar-refractivity contribution in [2.75, 3.05) is 46.9 Å². The quantitative estimate of drug-likeness (QED) is 0.836. The maximum Gasteiger partial charge on any atom is 0.254 e. The predicted molar refractivity (Wildman–Crippen MR) is 77.6 cm³/mol. The summed E-state index contributed by atoms with van der Waals surface area (Å²) in [4.78, 5) is 16.7. The summed E-state index contributed by atoms with van der Waals surface area (Å²) in [5, 5.41) is 0. The molecule has 1 aliphatic heterocycles. The van der Waals surface area contributed by atoms with E-state index in [0.29, 0.717) is 17.1 Å². The Kier molecular flexibility index (Phi) is 4.84. The molecule has 20 heavy (non-hydrogen) atoms. The van der Waals surface area contributed by atoms with Crippen LogP contribution in [0.1, 0.15) is 17.3 Å². The second kappa shape index (κ2) is 6.61. The first-order valence-corrected chi connectivity index (χ1v) is 6.93. The van der Waals surface area contributed by atoms with Crippen LogP contribution in [0.5, 0.6) is 11.5 Å². The molecule has 0 unspecified atom stereocenters. The van der Waals surface area contributed by atoms with Crippen molar-refractivity contribution < 1.29 is 14.3 Å². The van der Waals surface area contributed by atoms with Crippen LogP contribution >= 0.6 is 0 Å². The highest BCUT2D eigenvalue weighted by molar-refractivity contribution is 5.95. The smallest absolute Gasteiger partial charge is 0.254 e. The van der Waals surface area contributed by atoms with E-state index in [1.54, 1.807) is 32.4 Å². The summed E-state index contributed by atoms with van der Waals surface area (Å²) in [6.45, 7) is 6.62. The third-order valence-electron chi connectivity index (χ3n) is 3.74. The molecule has 0 aliphatic carbocycles. The maximum absolute atomic E-state index is 12.5. The van der Waals surface area contributed by atoms with Gasteiger partial charge in [0.25, 0.3) is 5.91 Å². The van der Waals surface area contributed by atoms with E-state index in [1.807, 2.05) is 4.90 Å². The summed E-state index contributed by atoms with van der Waals surface area (Å²) in [6.07, 6.45) is 0. The van der Waals surface area contributed by atoms with Crippen LogP contribution in [0.2, 0.25) is 0 Å². The topological polar surface area (TPSA) is 42.0 Å². The van der Waals surface area contributed by atoms with Crippen molar-refractivity contribution in [3.05, 3.63) is 23.8 Å². The number of likely N-dealkylation sites (N-methyl/N-ethyl adjacent to an activating group) is 1. The van der Waals surface area contributed by atoms with Crippen LogP contribution in [0, 0.1) is 0 Å². The first-order chi connectivity index (χ1) is 9.69. The SMILES string of the molecule is CCN1CCN(C(=O)c2ccc(OC)c(OC)c2)CC1. The highest BCUT2D eigenvalue weighted by Crippen LogP contribution is 2.28. The number of amides is 1. The van der Waals surface area contributed by atoms with Crippen LogP contribution in [-0.2, 0) is 0 Å². The first kappa shape index (κ1) is 14.7. The zero-order valence-corrected chi connectivity index (χ0v) is 12.4. The lowest BCUT2D eigenvalue weighted by molar-refractivity contribution is 0.0643. The number of benzene rings is 1. The fraction of sp³-hybridized carbons (Fsp3) is 0.533. The van der Waals surface area contributed by atoms with Crippen molar-refractivity contribution >= 4 is 5.91 Å². The van der Waals surface area contributed by atoms with Gasteiger partial charge in [-0.3, -0.25) is 4.79 Å². The van der Waals surface area contributed by atoms with Gasteiger partial charge in [0.15, 0.2) is 11.5 Å². The van der Waals surface area contributed by atoms with E-state index in [-0.39, 0.29) is 5.91 Å². The third kappa shape index (κ3) is 3.04. The van der Waals surface area contributed by atoms with Gasteiger partial charge in [-0.2, -0.15) is 0 Å². The molecule has 5 nitrogen and oxygen atoms in total. The number of hydrogen-bond acceptors (Lipinski definition) is 4. The number of carbonyl (C=O) groups is 1. The minimum Gasteiger partial charge on any atom is -0.493 e. The molecule has 2 rings (SSSR count). The van der Waals surface area contributed by atoms with Crippen molar-refractivity contribution in [1.82, 2.24) is 9.80 Å². The van der Waals surface area contributed by atoms with Crippen LogP contribution in [0.3, 0.4) is 0 Å². The second-order valence-electron chi connectivity index (χ2n) is 4.80. The second-order valence-corrected chi connectivity index (χ2v) is 4.80. The number of carbonyl (C=O) groups excluding carboxylic acids is 1. The molecule has 0 aromatic heterocycles. The summed E-state index contributed by atoms with van der Waals surface area (Å²) in [7, 11) is 3.16. The average Bonchev–Trinajstić information content (AvgIpc) is 2.53. The number of methoxy groups -OCH3 is 2. The largest absolute Gasteiger partial charge is 0.493 e. The molecule has 0 saturated carbocycles. The van der Waals surface area contributed by atoms with Crippen molar-refractivity contribution in [3.63, 3.8) is 0 Å². The Morgan fingerprint density at radius 2 is 1.75 bits per heavy atom. The Morgan fingerprint density at radius 3 is 2.30 bits per heavy atom. The van der Waals surface area contributed by atoms with Gasteiger partial charge >= 0.3 is 0 Å². The average molecular weight is 278 g/mol. The predicted octanol–water partition coefficient (Wildman–Crippen LogP) is 1.48. The molecular formula is C15H22N2O3. The molecular weight excluding hydrogens is 256 g/mol. The molecule has 0 radical (unpaired) electrons. The van der Waals surface area contributed by atoms with Crippen molar-refractivity contribution in [3.8, 4) is 11.5 Å². The van der Waals surface area contributed by atoms with Crippen LogP contribution in [-0.4, -0.2) is 62.7 Å². The fourth-order valence-corrected chi connectivity index (χ4v) is 2.42. The van der Waals surface area contributed by atoms with Crippen molar-refractivity contribution in [2.45, 2.75) is 6.92 Å².